The van der Waals surface area contributed by atoms with E-state index < -0.39 is 0 Å². The summed E-state index contributed by atoms with van der Waals surface area (Å²) in [6, 6.07) is 9.73. The van der Waals surface area contributed by atoms with Crippen molar-refractivity contribution in [1.29, 1.82) is 0 Å². The highest BCUT2D eigenvalue weighted by molar-refractivity contribution is 9.10. The van der Waals surface area contributed by atoms with Crippen molar-refractivity contribution in [2.45, 2.75) is 6.54 Å². The molecule has 0 amide bonds. The number of aromatic nitrogens is 3. The largest absolute Gasteiger partial charge is 0.496 e. The van der Waals surface area contributed by atoms with Crippen LogP contribution in [0.15, 0.2) is 41.0 Å². The zero-order chi connectivity index (χ0) is 14.1. The molecule has 0 atom stereocenters. The Bertz CT molecular complexity index is 769. The number of hydrogen-bond donors (Lipinski definition) is 1. The second kappa shape index (κ2) is 5.22. The van der Waals surface area contributed by atoms with Gasteiger partial charge >= 0.3 is 0 Å². The van der Waals surface area contributed by atoms with Crippen LogP contribution in [-0.2, 0) is 6.54 Å². The fraction of sp³-hybridized carbons (Fsp3) is 0.143. The molecular formula is C14H13BrN4O. The number of ether oxygens (including phenoxy) is 1. The third kappa shape index (κ3) is 2.28. The van der Waals surface area contributed by atoms with Crippen molar-refractivity contribution in [1.82, 2.24) is 14.6 Å². The van der Waals surface area contributed by atoms with E-state index in [1.54, 1.807) is 11.6 Å². The van der Waals surface area contributed by atoms with E-state index in [4.69, 9.17) is 10.5 Å². The minimum absolute atomic E-state index is 0.410. The Morgan fingerprint density at radius 2 is 2.15 bits per heavy atom. The Hall–Kier alpha value is -1.92. The number of benzene rings is 1. The molecular weight excluding hydrogens is 320 g/mol. The Balaban J connectivity index is 2.07. The van der Waals surface area contributed by atoms with Gasteiger partial charge in [-0.25, -0.2) is 9.50 Å². The van der Waals surface area contributed by atoms with Gasteiger partial charge in [-0.15, -0.1) is 0 Å². The summed E-state index contributed by atoms with van der Waals surface area (Å²) < 4.78 is 7.87. The molecule has 3 aromatic rings. The van der Waals surface area contributed by atoms with Gasteiger partial charge in [-0.1, -0.05) is 0 Å². The summed E-state index contributed by atoms with van der Waals surface area (Å²) in [4.78, 5) is 4.36. The van der Waals surface area contributed by atoms with Crippen molar-refractivity contribution in [3.8, 4) is 17.0 Å². The van der Waals surface area contributed by atoms with Crippen LogP contribution in [0, 0.1) is 0 Å². The van der Waals surface area contributed by atoms with Crippen LogP contribution in [0.5, 0.6) is 5.75 Å². The van der Waals surface area contributed by atoms with Crippen molar-refractivity contribution in [3.63, 3.8) is 0 Å². The van der Waals surface area contributed by atoms with Gasteiger partial charge in [0, 0.05) is 12.1 Å². The summed E-state index contributed by atoms with van der Waals surface area (Å²) in [5.41, 5.74) is 9.07. The molecule has 2 heterocycles. The minimum atomic E-state index is 0.410. The third-order valence-electron chi connectivity index (χ3n) is 3.03. The second-order valence-electron chi connectivity index (χ2n) is 4.31. The number of nitrogens with two attached hydrogens (primary N) is 1. The molecule has 0 aliphatic heterocycles. The average molecular weight is 333 g/mol. The molecule has 20 heavy (non-hydrogen) atoms. The zero-order valence-corrected chi connectivity index (χ0v) is 12.5. The normalized spacial score (nSPS) is 10.9. The van der Waals surface area contributed by atoms with E-state index in [0.717, 1.165) is 32.8 Å². The van der Waals surface area contributed by atoms with E-state index in [2.05, 4.69) is 26.0 Å². The van der Waals surface area contributed by atoms with E-state index in [9.17, 15) is 0 Å². The number of halogens is 1. The first-order valence-corrected chi connectivity index (χ1v) is 6.90. The van der Waals surface area contributed by atoms with Gasteiger partial charge in [0.2, 0.25) is 0 Å². The van der Waals surface area contributed by atoms with E-state index >= 15 is 0 Å². The molecule has 0 bridgehead atoms. The van der Waals surface area contributed by atoms with Gasteiger partial charge < -0.3 is 10.5 Å². The fourth-order valence-corrected chi connectivity index (χ4v) is 2.55. The fourth-order valence-electron chi connectivity index (χ4n) is 2.01. The molecule has 102 valence electrons. The quantitative estimate of drug-likeness (QED) is 0.800. The molecule has 6 heteroatoms. The Kier molecular flexibility index (Phi) is 3.42. The van der Waals surface area contributed by atoms with Crippen molar-refractivity contribution in [2.75, 3.05) is 7.11 Å². The lowest BCUT2D eigenvalue weighted by molar-refractivity contribution is 0.412. The maximum Gasteiger partial charge on any atom is 0.153 e. The number of rotatable bonds is 3. The van der Waals surface area contributed by atoms with Gasteiger partial charge in [0.25, 0.3) is 0 Å². The Morgan fingerprint density at radius 3 is 2.85 bits per heavy atom. The number of imidazole rings is 1. The first-order valence-electron chi connectivity index (χ1n) is 6.10. The van der Waals surface area contributed by atoms with Crippen LogP contribution in [-0.4, -0.2) is 21.7 Å². The molecule has 0 saturated carbocycles. The molecule has 3 rings (SSSR count). The maximum atomic E-state index is 5.59. The summed E-state index contributed by atoms with van der Waals surface area (Å²) in [6.45, 7) is 0.410. The van der Waals surface area contributed by atoms with Crippen molar-refractivity contribution < 1.29 is 4.74 Å². The van der Waals surface area contributed by atoms with Crippen molar-refractivity contribution in [3.05, 3.63) is 46.7 Å². The molecule has 0 saturated heterocycles. The van der Waals surface area contributed by atoms with Crippen molar-refractivity contribution in [2.24, 2.45) is 5.73 Å². The van der Waals surface area contributed by atoms with E-state index in [1.165, 1.54) is 0 Å². The molecule has 0 aliphatic carbocycles. The van der Waals surface area contributed by atoms with Gasteiger partial charge in [0.15, 0.2) is 5.65 Å². The predicted molar refractivity (Wildman–Crippen MR) is 80.6 cm³/mol. The topological polar surface area (TPSA) is 65.4 Å². The molecule has 5 nitrogen and oxygen atoms in total. The third-order valence-corrected chi connectivity index (χ3v) is 3.65. The summed E-state index contributed by atoms with van der Waals surface area (Å²) in [7, 11) is 1.64. The number of hydrogen-bond acceptors (Lipinski definition) is 4. The molecule has 2 aromatic heterocycles. The Labute approximate surface area is 124 Å². The molecule has 2 N–H and O–H groups in total. The lowest BCUT2D eigenvalue weighted by Crippen LogP contribution is -1.95. The molecule has 0 unspecified atom stereocenters. The van der Waals surface area contributed by atoms with Crippen LogP contribution in [0.2, 0.25) is 0 Å². The smallest absolute Gasteiger partial charge is 0.153 e. The first kappa shape index (κ1) is 13.1. The van der Waals surface area contributed by atoms with E-state index in [1.807, 2.05) is 36.5 Å². The SMILES string of the molecule is COc1ccc(-c2ccc3nc(CN)cn3n2)cc1Br. The van der Waals surface area contributed by atoms with Crippen LogP contribution in [0.4, 0.5) is 0 Å². The molecule has 0 spiro atoms. The molecule has 0 aliphatic rings. The van der Waals surface area contributed by atoms with Crippen LogP contribution in [0.1, 0.15) is 5.69 Å². The van der Waals surface area contributed by atoms with E-state index in [0.29, 0.717) is 6.54 Å². The van der Waals surface area contributed by atoms with Gasteiger partial charge in [0.1, 0.15) is 5.75 Å². The standard InChI is InChI=1S/C14H13BrN4O/c1-20-13-4-2-9(6-11(13)15)12-3-5-14-17-10(7-16)8-19(14)18-12/h2-6,8H,7,16H2,1H3. The summed E-state index contributed by atoms with van der Waals surface area (Å²) in [5, 5.41) is 4.55. The lowest BCUT2D eigenvalue weighted by Gasteiger charge is -2.06. The second-order valence-corrected chi connectivity index (χ2v) is 5.16. The predicted octanol–water partition coefficient (Wildman–Crippen LogP) is 2.63. The van der Waals surface area contributed by atoms with Crippen LogP contribution in [0.3, 0.4) is 0 Å². The number of nitrogens with zero attached hydrogens (tertiary/aromatic N) is 3. The monoisotopic (exact) mass is 332 g/mol. The van der Waals surface area contributed by atoms with Gasteiger partial charge in [-0.3, -0.25) is 0 Å². The maximum absolute atomic E-state index is 5.59. The number of fused-ring (bicyclic) bond motifs is 1. The number of methoxy groups -OCH3 is 1. The molecule has 1 aromatic carbocycles. The first-order chi connectivity index (χ1) is 9.71. The van der Waals surface area contributed by atoms with Gasteiger partial charge in [0.05, 0.1) is 29.2 Å². The minimum Gasteiger partial charge on any atom is -0.496 e. The summed E-state index contributed by atoms with van der Waals surface area (Å²) >= 11 is 3.48. The average Bonchev–Trinajstić information content (AvgIpc) is 2.89. The molecule has 0 fully saturated rings. The summed E-state index contributed by atoms with van der Waals surface area (Å²) in [6.07, 6.45) is 1.84. The Morgan fingerprint density at radius 1 is 1.30 bits per heavy atom. The molecule has 0 radical (unpaired) electrons. The van der Waals surface area contributed by atoms with Crippen molar-refractivity contribution >= 4 is 21.6 Å². The van der Waals surface area contributed by atoms with Gasteiger partial charge in [-0.05, 0) is 46.3 Å². The zero-order valence-electron chi connectivity index (χ0n) is 10.9. The van der Waals surface area contributed by atoms with Crippen LogP contribution in [0.25, 0.3) is 16.9 Å². The highest BCUT2D eigenvalue weighted by Crippen LogP contribution is 2.29. The highest BCUT2D eigenvalue weighted by Gasteiger charge is 2.07. The van der Waals surface area contributed by atoms with E-state index in [-0.39, 0.29) is 0 Å². The van der Waals surface area contributed by atoms with Crippen LogP contribution >= 0.6 is 15.9 Å². The van der Waals surface area contributed by atoms with Gasteiger partial charge in [-0.2, -0.15) is 5.10 Å². The lowest BCUT2D eigenvalue weighted by atomic mass is 10.1. The summed E-state index contributed by atoms with van der Waals surface area (Å²) in [5.74, 6) is 0.794. The van der Waals surface area contributed by atoms with Crippen LogP contribution < -0.4 is 10.5 Å². The highest BCUT2D eigenvalue weighted by atomic mass is 79.9.